The summed E-state index contributed by atoms with van der Waals surface area (Å²) in [4.78, 5) is 37.2. The van der Waals surface area contributed by atoms with E-state index >= 15 is 0 Å². The Morgan fingerprint density at radius 1 is 1.15 bits per heavy atom. The minimum Gasteiger partial charge on any atom is -0.347 e. The minimum absolute atomic E-state index is 0.00703. The molecule has 1 aliphatic rings. The number of aryl methyl sites for hydroxylation is 1. The first-order chi connectivity index (χ1) is 19.7. The lowest BCUT2D eigenvalue weighted by Gasteiger charge is -2.39. The molecule has 1 atom stereocenters. The summed E-state index contributed by atoms with van der Waals surface area (Å²) in [6, 6.07) is 10.6. The highest BCUT2D eigenvalue weighted by Gasteiger charge is 2.41. The molecule has 2 aromatic carbocycles. The van der Waals surface area contributed by atoms with E-state index in [1.54, 1.807) is 42.6 Å². The first-order valence-electron chi connectivity index (χ1n) is 12.4. The molecule has 1 saturated heterocycles. The number of thiazole rings is 1. The van der Waals surface area contributed by atoms with Crippen LogP contribution in [0.3, 0.4) is 0 Å². The molecule has 1 aliphatic heterocycles. The van der Waals surface area contributed by atoms with Gasteiger partial charge in [-0.15, -0.1) is 21.5 Å². The van der Waals surface area contributed by atoms with Crippen LogP contribution in [0.15, 0.2) is 53.6 Å². The number of benzene rings is 2. The number of hydrogen-bond donors (Lipinski definition) is 2. The van der Waals surface area contributed by atoms with Crippen molar-refractivity contribution in [3.05, 3.63) is 70.2 Å². The molecule has 4 heterocycles. The van der Waals surface area contributed by atoms with Gasteiger partial charge in [0.15, 0.2) is 10.8 Å². The lowest BCUT2D eigenvalue weighted by molar-refractivity contribution is -0.127. The number of hydrogen-bond acceptors (Lipinski definition) is 10. The highest BCUT2D eigenvalue weighted by Crippen LogP contribution is 2.28. The number of aromatic amines is 1. The van der Waals surface area contributed by atoms with Crippen LogP contribution < -0.4 is 5.32 Å². The lowest BCUT2D eigenvalue weighted by atomic mass is 10.1. The highest BCUT2D eigenvalue weighted by molar-refractivity contribution is 7.89. The number of aromatic nitrogens is 6. The van der Waals surface area contributed by atoms with Crippen LogP contribution >= 0.6 is 22.9 Å². The zero-order valence-electron chi connectivity index (χ0n) is 21.5. The van der Waals surface area contributed by atoms with Crippen molar-refractivity contribution in [2.24, 2.45) is 0 Å². The van der Waals surface area contributed by atoms with E-state index in [4.69, 9.17) is 11.6 Å². The van der Waals surface area contributed by atoms with Crippen LogP contribution in [-0.2, 0) is 21.4 Å². The van der Waals surface area contributed by atoms with Crippen molar-refractivity contribution in [2.75, 3.05) is 19.6 Å². The number of nitrogens with zero attached hydrogens (tertiary/aromatic N) is 7. The molecule has 16 heteroatoms. The fraction of sp³-hybridized carbons (Fsp3) is 0.240. The number of sulfonamides is 1. The maximum absolute atomic E-state index is 13.7. The number of nitrogens with one attached hydrogen (secondary N) is 2. The van der Waals surface area contributed by atoms with Crippen molar-refractivity contribution in [1.82, 2.24) is 45.1 Å². The second-order valence-electron chi connectivity index (χ2n) is 9.39. The van der Waals surface area contributed by atoms with Gasteiger partial charge in [0.05, 0.1) is 21.7 Å². The number of rotatable bonds is 6. The van der Waals surface area contributed by atoms with Gasteiger partial charge in [-0.25, -0.2) is 13.4 Å². The SMILES string of the molecule is Cc1cc2nc(C(=O)N3CCN(S(=O)(=O)c4ccc5cc(Cl)ccc5c4)CC3C(=O)NCc3nn[nH]n3)sc2cn1. The summed E-state index contributed by atoms with van der Waals surface area (Å²) in [6.07, 6.45) is 1.65. The average molecular weight is 612 g/mol. The molecule has 41 heavy (non-hydrogen) atoms. The first kappa shape index (κ1) is 27.1. The summed E-state index contributed by atoms with van der Waals surface area (Å²) < 4.78 is 29.4. The highest BCUT2D eigenvalue weighted by atomic mass is 35.5. The number of carbonyl (C=O) groups excluding carboxylic acids is 2. The molecule has 0 aliphatic carbocycles. The van der Waals surface area contributed by atoms with Crippen molar-refractivity contribution in [1.29, 1.82) is 0 Å². The van der Waals surface area contributed by atoms with Crippen LogP contribution in [0.2, 0.25) is 5.02 Å². The molecule has 0 bridgehead atoms. The Kier molecular flexibility index (Phi) is 7.11. The monoisotopic (exact) mass is 611 g/mol. The van der Waals surface area contributed by atoms with Gasteiger partial charge in [0.2, 0.25) is 15.9 Å². The second kappa shape index (κ2) is 10.7. The van der Waals surface area contributed by atoms with Gasteiger partial charge in [-0.3, -0.25) is 14.6 Å². The van der Waals surface area contributed by atoms with Gasteiger partial charge in [-0.05, 0) is 48.0 Å². The van der Waals surface area contributed by atoms with E-state index in [2.05, 4.69) is 35.9 Å². The van der Waals surface area contributed by atoms with E-state index in [1.807, 2.05) is 6.92 Å². The minimum atomic E-state index is -4.01. The zero-order chi connectivity index (χ0) is 28.7. The normalized spacial score (nSPS) is 16.3. The summed E-state index contributed by atoms with van der Waals surface area (Å²) in [5.41, 5.74) is 1.39. The number of amides is 2. The number of carbonyl (C=O) groups is 2. The lowest BCUT2D eigenvalue weighted by Crippen LogP contribution is -2.61. The van der Waals surface area contributed by atoms with Crippen LogP contribution in [0, 0.1) is 6.92 Å². The molecular formula is C25H22ClN9O4S2. The number of fused-ring (bicyclic) bond motifs is 2. The summed E-state index contributed by atoms with van der Waals surface area (Å²) in [7, 11) is -4.01. The van der Waals surface area contributed by atoms with Gasteiger partial charge >= 0.3 is 0 Å². The summed E-state index contributed by atoms with van der Waals surface area (Å²) >= 11 is 7.24. The Bertz CT molecular complexity index is 1900. The predicted molar refractivity (Wildman–Crippen MR) is 151 cm³/mol. The van der Waals surface area contributed by atoms with E-state index in [0.717, 1.165) is 15.8 Å². The van der Waals surface area contributed by atoms with Crippen LogP contribution in [0.1, 0.15) is 21.3 Å². The topological polar surface area (TPSA) is 167 Å². The molecule has 6 rings (SSSR count). The van der Waals surface area contributed by atoms with E-state index in [-0.39, 0.29) is 41.9 Å². The average Bonchev–Trinajstić information content (AvgIpc) is 3.64. The van der Waals surface area contributed by atoms with Crippen LogP contribution in [0.5, 0.6) is 0 Å². The number of H-pyrrole nitrogens is 1. The fourth-order valence-corrected chi connectivity index (χ4v) is 7.16. The van der Waals surface area contributed by atoms with Crippen molar-refractivity contribution < 1.29 is 18.0 Å². The maximum Gasteiger partial charge on any atom is 0.283 e. The van der Waals surface area contributed by atoms with E-state index in [1.165, 1.54) is 26.6 Å². The van der Waals surface area contributed by atoms with Crippen LogP contribution in [0.25, 0.3) is 21.0 Å². The molecule has 1 unspecified atom stereocenters. The number of halogens is 1. The molecule has 0 radical (unpaired) electrons. The van der Waals surface area contributed by atoms with Gasteiger partial charge in [-0.2, -0.15) is 9.52 Å². The van der Waals surface area contributed by atoms with Gasteiger partial charge < -0.3 is 10.2 Å². The van der Waals surface area contributed by atoms with Gasteiger partial charge in [0, 0.05) is 36.5 Å². The third-order valence-electron chi connectivity index (χ3n) is 6.72. The molecule has 3 aromatic heterocycles. The summed E-state index contributed by atoms with van der Waals surface area (Å²) in [6.45, 7) is 1.49. The predicted octanol–water partition coefficient (Wildman–Crippen LogP) is 2.15. The zero-order valence-corrected chi connectivity index (χ0v) is 23.9. The maximum atomic E-state index is 13.7. The fourth-order valence-electron chi connectivity index (χ4n) is 4.64. The van der Waals surface area contributed by atoms with Gasteiger partial charge in [0.1, 0.15) is 6.04 Å². The van der Waals surface area contributed by atoms with Crippen LogP contribution in [0.4, 0.5) is 0 Å². The molecule has 1 fully saturated rings. The van der Waals surface area contributed by atoms with Gasteiger partial charge in [0.25, 0.3) is 5.91 Å². The Morgan fingerprint density at radius 3 is 2.76 bits per heavy atom. The molecule has 210 valence electrons. The summed E-state index contributed by atoms with van der Waals surface area (Å²) in [5.74, 6) is -0.792. The quantitative estimate of drug-likeness (QED) is 0.292. The van der Waals surface area contributed by atoms with E-state index < -0.39 is 27.9 Å². The first-order valence-corrected chi connectivity index (χ1v) is 15.1. The summed E-state index contributed by atoms with van der Waals surface area (Å²) in [5, 5.41) is 18.3. The Morgan fingerprint density at radius 2 is 1.95 bits per heavy atom. The Labute approximate surface area is 242 Å². The second-order valence-corrected chi connectivity index (χ2v) is 12.8. The number of tetrazole rings is 1. The molecular weight excluding hydrogens is 590 g/mol. The smallest absolute Gasteiger partial charge is 0.283 e. The molecule has 0 spiro atoms. The standard InChI is InChI=1S/C25H22ClN9O4S2/c1-14-8-19-21(11-27-14)40-24(29-19)25(37)35-7-6-34(13-20(35)23(36)28-12-22-30-32-33-31-22)41(38,39)18-5-3-15-9-17(26)4-2-16(15)10-18/h2-5,8-11,20H,6-7,12-13H2,1H3,(H,28,36)(H,30,31,32,33). The van der Waals surface area contributed by atoms with Crippen molar-refractivity contribution in [3.8, 4) is 0 Å². The molecule has 2 N–H and O–H groups in total. The third kappa shape index (κ3) is 5.36. The largest absolute Gasteiger partial charge is 0.347 e. The molecule has 13 nitrogen and oxygen atoms in total. The van der Waals surface area contributed by atoms with Crippen LogP contribution in [-0.4, -0.2) is 85.7 Å². The molecule has 2 amide bonds. The van der Waals surface area contributed by atoms with Crippen molar-refractivity contribution in [2.45, 2.75) is 24.4 Å². The van der Waals surface area contributed by atoms with Gasteiger partial charge in [-0.1, -0.05) is 28.9 Å². The molecule has 0 saturated carbocycles. The Hall–Kier alpha value is -4.05. The van der Waals surface area contributed by atoms with Crippen molar-refractivity contribution >= 4 is 65.8 Å². The number of piperazine rings is 1. The third-order valence-corrected chi connectivity index (χ3v) is 9.81. The van der Waals surface area contributed by atoms with E-state index in [0.29, 0.717) is 15.9 Å². The van der Waals surface area contributed by atoms with Crippen molar-refractivity contribution in [3.63, 3.8) is 0 Å². The van der Waals surface area contributed by atoms with E-state index in [9.17, 15) is 18.0 Å². The molecule has 5 aromatic rings. The number of pyridine rings is 1. The Balaban J connectivity index is 1.29.